The number of likely N-dealkylation sites (tertiary alicyclic amines) is 1. The van der Waals surface area contributed by atoms with Gasteiger partial charge in [-0.15, -0.1) is 11.3 Å². The summed E-state index contributed by atoms with van der Waals surface area (Å²) < 4.78 is 0. The number of anilines is 2. The highest BCUT2D eigenvalue weighted by molar-refractivity contribution is 7.99. The molecule has 0 aromatic carbocycles. The molecule has 3 heterocycles. The first-order valence-corrected chi connectivity index (χ1v) is 8.85. The lowest BCUT2D eigenvalue weighted by Crippen LogP contribution is -2.31. The van der Waals surface area contributed by atoms with Crippen LogP contribution in [0.15, 0.2) is 28.7 Å². The molecule has 1 atom stereocenters. The second-order valence-corrected chi connectivity index (χ2v) is 6.97. The van der Waals surface area contributed by atoms with Gasteiger partial charge in [0.05, 0.1) is 11.8 Å². The lowest BCUT2D eigenvalue weighted by atomic mass is 10.2. The second-order valence-electron chi connectivity index (χ2n) is 5.05. The van der Waals surface area contributed by atoms with Gasteiger partial charge in [0.2, 0.25) is 5.91 Å². The molecule has 0 spiro atoms. The van der Waals surface area contributed by atoms with Crippen LogP contribution in [0.2, 0.25) is 0 Å². The fraction of sp³-hybridized carbons (Fsp3) is 0.357. The summed E-state index contributed by atoms with van der Waals surface area (Å²) in [7, 11) is 0. The lowest BCUT2D eigenvalue weighted by molar-refractivity contribution is -0.129. The Balaban J connectivity index is 1.64. The summed E-state index contributed by atoms with van der Waals surface area (Å²) in [5, 5.41) is 2.49. The maximum atomic E-state index is 12.5. The van der Waals surface area contributed by atoms with E-state index in [1.54, 1.807) is 11.3 Å². The maximum absolute atomic E-state index is 12.5. The largest absolute Gasteiger partial charge is 0.383 e. The van der Waals surface area contributed by atoms with Crippen LogP contribution in [0.1, 0.15) is 23.8 Å². The third-order valence-electron chi connectivity index (χ3n) is 3.51. The summed E-state index contributed by atoms with van der Waals surface area (Å²) in [5.41, 5.74) is 11.3. The molecule has 4 N–H and O–H groups in total. The van der Waals surface area contributed by atoms with Crippen molar-refractivity contribution < 1.29 is 4.79 Å². The van der Waals surface area contributed by atoms with Crippen LogP contribution in [0.4, 0.5) is 11.6 Å². The minimum absolute atomic E-state index is 0.102. The highest BCUT2D eigenvalue weighted by Crippen LogP contribution is 2.35. The topological polar surface area (TPSA) is 98.1 Å². The lowest BCUT2D eigenvalue weighted by Gasteiger charge is -2.23. The number of thioether (sulfide) groups is 1. The first-order valence-electron chi connectivity index (χ1n) is 6.99. The van der Waals surface area contributed by atoms with Crippen LogP contribution in [-0.4, -0.2) is 33.1 Å². The van der Waals surface area contributed by atoms with Crippen molar-refractivity contribution in [3.63, 3.8) is 0 Å². The molecule has 0 saturated carbocycles. The molecule has 2 aromatic rings. The van der Waals surface area contributed by atoms with E-state index in [2.05, 4.69) is 21.4 Å². The number of nitrogens with two attached hydrogens (primary N) is 2. The number of hydrogen-bond acceptors (Lipinski definition) is 7. The smallest absolute Gasteiger partial charge is 0.233 e. The SMILES string of the molecule is Nc1cc(N)nc(SCC(=O)N2CCC[C@H]2c2cccs2)n1. The molecule has 116 valence electrons. The summed E-state index contributed by atoms with van der Waals surface area (Å²) in [6, 6.07) is 5.83. The minimum Gasteiger partial charge on any atom is -0.383 e. The van der Waals surface area contributed by atoms with Gasteiger partial charge in [0.25, 0.3) is 0 Å². The first kappa shape index (κ1) is 15.1. The molecule has 1 saturated heterocycles. The Labute approximate surface area is 136 Å². The molecular weight excluding hydrogens is 318 g/mol. The highest BCUT2D eigenvalue weighted by Gasteiger charge is 2.30. The summed E-state index contributed by atoms with van der Waals surface area (Å²) in [4.78, 5) is 23.9. The van der Waals surface area contributed by atoms with Gasteiger partial charge in [0.1, 0.15) is 11.6 Å². The zero-order valence-corrected chi connectivity index (χ0v) is 13.6. The Kier molecular flexibility index (Phi) is 4.49. The van der Waals surface area contributed by atoms with Gasteiger partial charge in [0.15, 0.2) is 5.16 Å². The number of carbonyl (C=O) groups excluding carboxylic acids is 1. The van der Waals surface area contributed by atoms with Crippen molar-refractivity contribution in [1.82, 2.24) is 14.9 Å². The van der Waals surface area contributed by atoms with E-state index < -0.39 is 0 Å². The van der Waals surface area contributed by atoms with Crippen molar-refractivity contribution in [2.24, 2.45) is 0 Å². The summed E-state index contributed by atoms with van der Waals surface area (Å²) in [6.45, 7) is 0.807. The van der Waals surface area contributed by atoms with Crippen LogP contribution < -0.4 is 11.5 Å². The molecule has 22 heavy (non-hydrogen) atoms. The maximum Gasteiger partial charge on any atom is 0.233 e. The van der Waals surface area contributed by atoms with Crippen molar-refractivity contribution in [2.75, 3.05) is 23.8 Å². The number of hydrogen-bond donors (Lipinski definition) is 2. The van der Waals surface area contributed by atoms with E-state index in [4.69, 9.17) is 11.5 Å². The van der Waals surface area contributed by atoms with Gasteiger partial charge in [-0.05, 0) is 24.3 Å². The number of amides is 1. The zero-order valence-electron chi connectivity index (χ0n) is 11.9. The Bertz CT molecular complexity index is 641. The Hall–Kier alpha value is -1.80. The van der Waals surface area contributed by atoms with Gasteiger partial charge < -0.3 is 16.4 Å². The van der Waals surface area contributed by atoms with Crippen LogP contribution in [0, 0.1) is 0 Å². The van der Waals surface area contributed by atoms with Crippen molar-refractivity contribution in [1.29, 1.82) is 0 Å². The average molecular weight is 335 g/mol. The van der Waals surface area contributed by atoms with Crippen molar-refractivity contribution in [3.05, 3.63) is 28.5 Å². The molecule has 0 radical (unpaired) electrons. The van der Waals surface area contributed by atoms with E-state index in [1.807, 2.05) is 11.0 Å². The molecule has 1 fully saturated rings. The van der Waals surface area contributed by atoms with E-state index >= 15 is 0 Å². The van der Waals surface area contributed by atoms with Crippen LogP contribution in [-0.2, 0) is 4.79 Å². The third kappa shape index (κ3) is 3.33. The van der Waals surface area contributed by atoms with Gasteiger partial charge in [-0.25, -0.2) is 9.97 Å². The number of nitrogen functional groups attached to an aromatic ring is 2. The molecule has 1 aliphatic heterocycles. The van der Waals surface area contributed by atoms with E-state index in [0.717, 1.165) is 19.4 Å². The number of carbonyl (C=O) groups is 1. The van der Waals surface area contributed by atoms with Crippen LogP contribution in [0.25, 0.3) is 0 Å². The Morgan fingerprint density at radius 2 is 2.18 bits per heavy atom. The van der Waals surface area contributed by atoms with E-state index in [1.165, 1.54) is 22.7 Å². The van der Waals surface area contributed by atoms with Gasteiger partial charge in [0, 0.05) is 17.5 Å². The molecule has 0 bridgehead atoms. The van der Waals surface area contributed by atoms with Crippen LogP contribution in [0.5, 0.6) is 0 Å². The predicted octanol–water partition coefficient (Wildman–Crippen LogP) is 2.16. The number of aromatic nitrogens is 2. The summed E-state index contributed by atoms with van der Waals surface area (Å²) in [5.74, 6) is 1.04. The van der Waals surface area contributed by atoms with Crippen molar-refractivity contribution in [2.45, 2.75) is 24.0 Å². The average Bonchev–Trinajstić information content (AvgIpc) is 3.13. The molecule has 0 aliphatic carbocycles. The summed E-state index contributed by atoms with van der Waals surface area (Å²) in [6.07, 6.45) is 2.07. The van der Waals surface area contributed by atoms with Gasteiger partial charge >= 0.3 is 0 Å². The van der Waals surface area contributed by atoms with Crippen LogP contribution in [0.3, 0.4) is 0 Å². The van der Waals surface area contributed by atoms with Crippen LogP contribution >= 0.6 is 23.1 Å². The zero-order chi connectivity index (χ0) is 15.5. The molecule has 6 nitrogen and oxygen atoms in total. The van der Waals surface area contributed by atoms with E-state index in [-0.39, 0.29) is 11.9 Å². The molecule has 2 aromatic heterocycles. The van der Waals surface area contributed by atoms with Gasteiger partial charge in [-0.1, -0.05) is 17.8 Å². The van der Waals surface area contributed by atoms with Crippen molar-refractivity contribution >= 4 is 40.6 Å². The number of nitrogens with zero attached hydrogens (tertiary/aromatic N) is 3. The quantitative estimate of drug-likeness (QED) is 0.656. The predicted molar refractivity (Wildman–Crippen MR) is 89.6 cm³/mol. The Morgan fingerprint density at radius 3 is 2.86 bits per heavy atom. The van der Waals surface area contributed by atoms with E-state index in [9.17, 15) is 4.79 Å². The standard InChI is InChI=1S/C14H17N5OS2/c15-11-7-12(16)18-14(17-11)22-8-13(20)19-5-1-3-9(19)10-4-2-6-21-10/h2,4,6-7,9H,1,3,5,8H2,(H4,15,16,17,18)/t9-/m0/s1. The minimum atomic E-state index is 0.102. The number of thiophene rings is 1. The normalized spacial score (nSPS) is 17.8. The molecular formula is C14H17N5OS2. The monoisotopic (exact) mass is 335 g/mol. The van der Waals surface area contributed by atoms with E-state index in [0.29, 0.717) is 22.5 Å². The fourth-order valence-electron chi connectivity index (χ4n) is 2.58. The van der Waals surface area contributed by atoms with Gasteiger partial charge in [-0.2, -0.15) is 0 Å². The number of rotatable bonds is 4. The first-order chi connectivity index (χ1) is 10.6. The molecule has 8 heteroatoms. The fourth-order valence-corrected chi connectivity index (χ4v) is 4.21. The molecule has 1 aliphatic rings. The summed E-state index contributed by atoms with van der Waals surface area (Å²) >= 11 is 2.97. The second kappa shape index (κ2) is 6.53. The Morgan fingerprint density at radius 1 is 1.41 bits per heavy atom. The molecule has 3 rings (SSSR count). The third-order valence-corrected chi connectivity index (χ3v) is 5.32. The van der Waals surface area contributed by atoms with Gasteiger partial charge in [-0.3, -0.25) is 4.79 Å². The molecule has 0 unspecified atom stereocenters. The molecule has 1 amide bonds. The highest BCUT2D eigenvalue weighted by atomic mass is 32.2. The van der Waals surface area contributed by atoms with Crippen molar-refractivity contribution in [3.8, 4) is 0 Å².